The Bertz CT molecular complexity index is 347. The molecule has 0 fully saturated rings. The molecule has 0 saturated carbocycles. The van der Waals surface area contributed by atoms with Crippen molar-refractivity contribution in [2.24, 2.45) is 7.05 Å². The Kier molecular flexibility index (Phi) is 3.76. The minimum Gasteiger partial charge on any atom is -0.389 e. The van der Waals surface area contributed by atoms with Gasteiger partial charge >= 0.3 is 0 Å². The summed E-state index contributed by atoms with van der Waals surface area (Å²) in [5, 5.41) is 17.8. The fourth-order valence-corrected chi connectivity index (χ4v) is 1.94. The van der Waals surface area contributed by atoms with E-state index in [4.69, 9.17) is 11.6 Å². The third-order valence-electron chi connectivity index (χ3n) is 2.39. The van der Waals surface area contributed by atoms with Crippen LogP contribution in [0, 0.1) is 6.92 Å². The number of rotatable bonds is 4. The summed E-state index contributed by atoms with van der Waals surface area (Å²) in [4.78, 5) is 0. The van der Waals surface area contributed by atoms with E-state index in [9.17, 15) is 5.11 Å². The number of aromatic nitrogens is 2. The van der Waals surface area contributed by atoms with Crippen molar-refractivity contribution in [2.75, 3.05) is 13.6 Å². The molecule has 1 atom stereocenters. The van der Waals surface area contributed by atoms with Crippen LogP contribution in [-0.2, 0) is 13.5 Å². The predicted molar refractivity (Wildman–Crippen MR) is 61.2 cm³/mol. The molecule has 1 aromatic rings. The van der Waals surface area contributed by atoms with Gasteiger partial charge in [-0.15, -0.1) is 0 Å². The molecule has 5 heteroatoms. The van der Waals surface area contributed by atoms with Crippen LogP contribution >= 0.6 is 11.6 Å². The quantitative estimate of drug-likeness (QED) is 0.810. The van der Waals surface area contributed by atoms with Crippen LogP contribution in [0.4, 0.5) is 0 Å². The number of halogens is 1. The smallest absolute Gasteiger partial charge is 0.130 e. The molecule has 2 N–H and O–H groups in total. The lowest BCUT2D eigenvalue weighted by molar-refractivity contribution is 0.0621. The van der Waals surface area contributed by atoms with Crippen molar-refractivity contribution in [2.45, 2.75) is 25.9 Å². The van der Waals surface area contributed by atoms with Gasteiger partial charge in [0, 0.05) is 25.6 Å². The summed E-state index contributed by atoms with van der Waals surface area (Å²) in [7, 11) is 3.61. The van der Waals surface area contributed by atoms with Gasteiger partial charge in [0.15, 0.2) is 0 Å². The standard InChI is InChI=1S/C10H18ClN3O/c1-7-8(9(11)14(4)13-7)5-10(2,15)6-12-3/h12,15H,5-6H2,1-4H3. The third kappa shape index (κ3) is 2.93. The van der Waals surface area contributed by atoms with E-state index >= 15 is 0 Å². The zero-order valence-corrected chi connectivity index (χ0v) is 10.4. The van der Waals surface area contributed by atoms with Crippen molar-refractivity contribution in [1.29, 1.82) is 0 Å². The molecular weight excluding hydrogens is 214 g/mol. The predicted octanol–water partition coefficient (Wildman–Crippen LogP) is 0.895. The Labute approximate surface area is 95.2 Å². The van der Waals surface area contributed by atoms with Gasteiger partial charge < -0.3 is 10.4 Å². The van der Waals surface area contributed by atoms with E-state index < -0.39 is 5.60 Å². The van der Waals surface area contributed by atoms with E-state index in [1.807, 2.05) is 14.0 Å². The van der Waals surface area contributed by atoms with Crippen LogP contribution < -0.4 is 5.32 Å². The first-order chi connectivity index (χ1) is 6.87. The number of likely N-dealkylation sites (N-methyl/N-ethyl adjacent to an activating group) is 1. The van der Waals surface area contributed by atoms with Gasteiger partial charge in [-0.05, 0) is 20.9 Å². The Morgan fingerprint density at radius 1 is 1.60 bits per heavy atom. The number of nitrogens with zero attached hydrogens (tertiary/aromatic N) is 2. The van der Waals surface area contributed by atoms with E-state index in [2.05, 4.69) is 10.4 Å². The molecule has 0 amide bonds. The Hall–Kier alpha value is -0.580. The van der Waals surface area contributed by atoms with Crippen molar-refractivity contribution in [1.82, 2.24) is 15.1 Å². The van der Waals surface area contributed by atoms with Crippen molar-refractivity contribution < 1.29 is 5.11 Å². The molecule has 1 aromatic heterocycles. The zero-order chi connectivity index (χ0) is 11.6. The topological polar surface area (TPSA) is 50.1 Å². The summed E-state index contributed by atoms with van der Waals surface area (Å²) < 4.78 is 1.63. The molecule has 86 valence electrons. The zero-order valence-electron chi connectivity index (χ0n) is 9.63. The van der Waals surface area contributed by atoms with E-state index in [-0.39, 0.29) is 0 Å². The fourth-order valence-electron chi connectivity index (χ4n) is 1.70. The summed E-state index contributed by atoms with van der Waals surface area (Å²) in [5.74, 6) is 0. The first-order valence-electron chi connectivity index (χ1n) is 4.92. The maximum absolute atomic E-state index is 10.1. The second-order valence-electron chi connectivity index (χ2n) is 4.18. The van der Waals surface area contributed by atoms with E-state index in [0.29, 0.717) is 18.1 Å². The van der Waals surface area contributed by atoms with Crippen LogP contribution in [0.3, 0.4) is 0 Å². The van der Waals surface area contributed by atoms with Crippen LogP contribution in [0.5, 0.6) is 0 Å². The lowest BCUT2D eigenvalue weighted by Crippen LogP contribution is -2.38. The van der Waals surface area contributed by atoms with E-state index in [1.165, 1.54) is 0 Å². The molecule has 0 bridgehead atoms. The molecule has 0 saturated heterocycles. The van der Waals surface area contributed by atoms with Gasteiger partial charge in [-0.2, -0.15) is 5.10 Å². The molecule has 1 unspecified atom stereocenters. The SMILES string of the molecule is CNCC(C)(O)Cc1c(C)nn(C)c1Cl. The largest absolute Gasteiger partial charge is 0.389 e. The lowest BCUT2D eigenvalue weighted by Gasteiger charge is -2.22. The number of nitrogens with one attached hydrogen (secondary N) is 1. The Morgan fingerprint density at radius 3 is 2.60 bits per heavy atom. The first kappa shape index (κ1) is 12.5. The molecule has 15 heavy (non-hydrogen) atoms. The molecule has 0 aromatic carbocycles. The molecule has 4 nitrogen and oxygen atoms in total. The van der Waals surface area contributed by atoms with Gasteiger partial charge in [0.05, 0.1) is 11.3 Å². The van der Waals surface area contributed by atoms with Gasteiger partial charge in [-0.25, -0.2) is 0 Å². The second-order valence-corrected chi connectivity index (χ2v) is 4.54. The first-order valence-corrected chi connectivity index (χ1v) is 5.30. The minimum absolute atomic E-state index is 0.506. The molecular formula is C10H18ClN3O. The molecule has 0 aliphatic heterocycles. The maximum Gasteiger partial charge on any atom is 0.130 e. The summed E-state index contributed by atoms with van der Waals surface area (Å²) in [6.07, 6.45) is 0.506. The van der Waals surface area contributed by atoms with Gasteiger partial charge in [-0.1, -0.05) is 11.6 Å². The summed E-state index contributed by atoms with van der Waals surface area (Å²) in [6.45, 7) is 4.21. The molecule has 0 aliphatic carbocycles. The Balaban J connectivity index is 2.89. The molecule has 0 spiro atoms. The molecule has 0 aliphatic rings. The number of hydrogen-bond acceptors (Lipinski definition) is 3. The average Bonchev–Trinajstić information content (AvgIpc) is 2.32. The van der Waals surface area contributed by atoms with Gasteiger partial charge in [0.2, 0.25) is 0 Å². The highest BCUT2D eigenvalue weighted by molar-refractivity contribution is 6.30. The highest BCUT2D eigenvalue weighted by Crippen LogP contribution is 2.23. The van der Waals surface area contributed by atoms with Crippen LogP contribution in [0.1, 0.15) is 18.2 Å². The van der Waals surface area contributed by atoms with Crippen molar-refractivity contribution in [3.63, 3.8) is 0 Å². The highest BCUT2D eigenvalue weighted by atomic mass is 35.5. The van der Waals surface area contributed by atoms with Crippen LogP contribution in [0.2, 0.25) is 5.15 Å². The highest BCUT2D eigenvalue weighted by Gasteiger charge is 2.24. The second kappa shape index (κ2) is 4.51. The molecule has 1 rings (SSSR count). The average molecular weight is 232 g/mol. The normalized spacial score (nSPS) is 15.3. The molecule has 1 heterocycles. The minimum atomic E-state index is -0.799. The van der Waals surface area contributed by atoms with Crippen LogP contribution in [0.25, 0.3) is 0 Å². The van der Waals surface area contributed by atoms with Crippen LogP contribution in [0.15, 0.2) is 0 Å². The Morgan fingerprint density at radius 2 is 2.20 bits per heavy atom. The van der Waals surface area contributed by atoms with E-state index in [0.717, 1.165) is 11.3 Å². The van der Waals surface area contributed by atoms with Crippen molar-refractivity contribution >= 4 is 11.6 Å². The lowest BCUT2D eigenvalue weighted by atomic mass is 9.97. The monoisotopic (exact) mass is 231 g/mol. The van der Waals surface area contributed by atoms with E-state index in [1.54, 1.807) is 18.7 Å². The molecule has 0 radical (unpaired) electrons. The summed E-state index contributed by atoms with van der Waals surface area (Å²) in [6, 6.07) is 0. The van der Waals surface area contributed by atoms with Crippen LogP contribution in [-0.4, -0.2) is 34.1 Å². The summed E-state index contributed by atoms with van der Waals surface area (Å²) in [5.41, 5.74) is 0.991. The van der Waals surface area contributed by atoms with Crippen molar-refractivity contribution in [3.8, 4) is 0 Å². The van der Waals surface area contributed by atoms with Gasteiger partial charge in [-0.3, -0.25) is 4.68 Å². The third-order valence-corrected chi connectivity index (χ3v) is 2.86. The van der Waals surface area contributed by atoms with Crippen molar-refractivity contribution in [3.05, 3.63) is 16.4 Å². The number of hydrogen-bond donors (Lipinski definition) is 2. The number of aliphatic hydroxyl groups is 1. The summed E-state index contributed by atoms with van der Waals surface area (Å²) >= 11 is 6.09. The van der Waals surface area contributed by atoms with Gasteiger partial charge in [0.1, 0.15) is 5.15 Å². The number of aryl methyl sites for hydroxylation is 2. The fraction of sp³-hybridized carbons (Fsp3) is 0.700. The van der Waals surface area contributed by atoms with Gasteiger partial charge in [0.25, 0.3) is 0 Å². The maximum atomic E-state index is 10.1.